The zero-order chi connectivity index (χ0) is 47.9. The number of rotatable bonds is 42. The Bertz CT molecular complexity index is 1920. The maximum atomic E-state index is 6.23. The molecule has 0 aliphatic carbocycles. The maximum absolute atomic E-state index is 6.23. The largest absolute Gasteiger partial charge is 0.377 e. The molecule has 0 spiro atoms. The second-order valence-electron chi connectivity index (χ2n) is 19.8. The van der Waals surface area contributed by atoms with Gasteiger partial charge < -0.3 is 9.47 Å². The molecule has 3 rings (SSSR count). The average molecular weight is 924 g/mol. The van der Waals surface area contributed by atoms with Crippen LogP contribution in [0.1, 0.15) is 269 Å². The molecule has 3 aromatic carbocycles. The topological polar surface area (TPSA) is 18.5 Å². The van der Waals surface area contributed by atoms with Gasteiger partial charge in [0.15, 0.2) is 0 Å². The standard InChI is InChI=1S/C66H98O2/c1-3-5-7-9-11-13-15-17-19-21-23-24-25-26-27-28-29-30-32-34-36-38-40-42-44-46-48-56-68-60-64-54-50-52-62-57-65-61(58-66(62)64)51-49-53-63(65)59-67-55-47-45-43-41-39-37-35-33-31-22-20-18-16-14-12-10-8-6-4-2/h49-54,57-58H,3-22,27-30,32,34,36,38-48,55-56,59-60H2,1-2H3. The van der Waals surface area contributed by atoms with Crippen LogP contribution in [0.25, 0.3) is 21.5 Å². The van der Waals surface area contributed by atoms with Gasteiger partial charge in [0, 0.05) is 38.9 Å². The van der Waals surface area contributed by atoms with E-state index in [4.69, 9.17) is 9.47 Å². The quantitative estimate of drug-likeness (QED) is 0.0320. The van der Waals surface area contributed by atoms with Gasteiger partial charge in [0.1, 0.15) is 0 Å². The van der Waals surface area contributed by atoms with Crippen molar-refractivity contribution in [3.63, 3.8) is 0 Å². The van der Waals surface area contributed by atoms with E-state index in [2.05, 4.69) is 110 Å². The molecule has 374 valence electrons. The summed E-state index contributed by atoms with van der Waals surface area (Å²) < 4.78 is 12.4. The molecule has 0 aliphatic rings. The molecule has 0 N–H and O–H groups in total. The molecule has 68 heavy (non-hydrogen) atoms. The van der Waals surface area contributed by atoms with Crippen LogP contribution in [0, 0.1) is 47.4 Å². The van der Waals surface area contributed by atoms with Crippen molar-refractivity contribution in [1.82, 2.24) is 0 Å². The SMILES string of the molecule is CCCCCCCCCCCC#CC#CCCCCCCCCCCCCCCOCc1cccc2cc3c(COCCCCCCC#CC#CCCCCCCCCCCC)cccc3cc12. The van der Waals surface area contributed by atoms with Crippen molar-refractivity contribution in [1.29, 1.82) is 0 Å². The fraction of sp³-hybridized carbons (Fsp3) is 0.667. The molecule has 0 saturated heterocycles. The lowest BCUT2D eigenvalue weighted by atomic mass is 9.97. The number of hydrogen-bond acceptors (Lipinski definition) is 2. The fourth-order valence-electron chi connectivity index (χ4n) is 9.23. The first kappa shape index (κ1) is 58.7. The Kier molecular flexibility index (Phi) is 38.4. The van der Waals surface area contributed by atoms with Crippen LogP contribution in [-0.2, 0) is 22.7 Å². The molecule has 0 heterocycles. The van der Waals surface area contributed by atoms with Crippen LogP contribution in [0.5, 0.6) is 0 Å². The third kappa shape index (κ3) is 31.5. The smallest absolute Gasteiger partial charge is 0.0722 e. The van der Waals surface area contributed by atoms with E-state index in [1.807, 2.05) is 0 Å². The molecule has 0 unspecified atom stereocenters. The second-order valence-corrected chi connectivity index (χ2v) is 19.8. The molecular formula is C66H98O2. The molecule has 0 aliphatic heterocycles. The van der Waals surface area contributed by atoms with Crippen LogP contribution in [0.4, 0.5) is 0 Å². The van der Waals surface area contributed by atoms with Crippen LogP contribution in [0.15, 0.2) is 48.5 Å². The van der Waals surface area contributed by atoms with Crippen molar-refractivity contribution in [2.45, 2.75) is 271 Å². The Balaban J connectivity index is 1.13. The highest BCUT2D eigenvalue weighted by Crippen LogP contribution is 2.29. The normalized spacial score (nSPS) is 10.9. The fourth-order valence-corrected chi connectivity index (χ4v) is 9.23. The van der Waals surface area contributed by atoms with Crippen molar-refractivity contribution < 1.29 is 9.47 Å². The third-order valence-corrected chi connectivity index (χ3v) is 13.5. The molecule has 0 amide bonds. The van der Waals surface area contributed by atoms with Gasteiger partial charge in [-0.15, -0.1) is 0 Å². The summed E-state index contributed by atoms with van der Waals surface area (Å²) in [4.78, 5) is 0. The molecule has 3 aromatic rings. The highest BCUT2D eigenvalue weighted by Gasteiger charge is 2.08. The van der Waals surface area contributed by atoms with E-state index in [9.17, 15) is 0 Å². The first-order valence-corrected chi connectivity index (χ1v) is 28.8. The Morgan fingerprint density at radius 1 is 0.309 bits per heavy atom. The zero-order valence-electron chi connectivity index (χ0n) is 44.1. The molecule has 0 fully saturated rings. The van der Waals surface area contributed by atoms with Crippen molar-refractivity contribution >= 4 is 21.5 Å². The molecule has 0 aromatic heterocycles. The summed E-state index contributed by atoms with van der Waals surface area (Å²) in [5.41, 5.74) is 2.55. The molecule has 2 nitrogen and oxygen atoms in total. The minimum atomic E-state index is 0.655. The lowest BCUT2D eigenvalue weighted by Gasteiger charge is -2.12. The predicted molar refractivity (Wildman–Crippen MR) is 299 cm³/mol. The van der Waals surface area contributed by atoms with Crippen molar-refractivity contribution in [2.75, 3.05) is 13.2 Å². The van der Waals surface area contributed by atoms with E-state index >= 15 is 0 Å². The Labute approximate surface area is 420 Å². The van der Waals surface area contributed by atoms with Crippen molar-refractivity contribution in [2.24, 2.45) is 0 Å². The van der Waals surface area contributed by atoms with Gasteiger partial charge in [-0.25, -0.2) is 0 Å². The number of hydrogen-bond donors (Lipinski definition) is 0. The highest BCUT2D eigenvalue weighted by molar-refractivity contribution is 6.00. The lowest BCUT2D eigenvalue weighted by molar-refractivity contribution is 0.117. The van der Waals surface area contributed by atoms with Gasteiger partial charge in [0.2, 0.25) is 0 Å². The number of fused-ring (bicyclic) bond motifs is 2. The van der Waals surface area contributed by atoms with Crippen LogP contribution in [-0.4, -0.2) is 13.2 Å². The summed E-state index contributed by atoms with van der Waals surface area (Å²) in [6.07, 6.45) is 49.1. The molecule has 0 radical (unpaired) electrons. The minimum absolute atomic E-state index is 0.655. The van der Waals surface area contributed by atoms with Crippen LogP contribution in [0.3, 0.4) is 0 Å². The van der Waals surface area contributed by atoms with Crippen LogP contribution in [0.2, 0.25) is 0 Å². The first-order valence-electron chi connectivity index (χ1n) is 28.8. The van der Waals surface area contributed by atoms with Gasteiger partial charge in [-0.3, -0.25) is 0 Å². The number of unbranched alkanes of at least 4 members (excludes halogenated alkanes) is 34. The third-order valence-electron chi connectivity index (χ3n) is 13.5. The van der Waals surface area contributed by atoms with E-state index in [-0.39, 0.29) is 0 Å². The second kappa shape index (κ2) is 44.5. The van der Waals surface area contributed by atoms with Gasteiger partial charge in [0.25, 0.3) is 0 Å². The Hall–Kier alpha value is -3.66. The number of benzene rings is 3. The number of ether oxygens (including phenoxy) is 2. The molecule has 0 bridgehead atoms. The van der Waals surface area contributed by atoms with Gasteiger partial charge in [0.05, 0.1) is 13.2 Å². The van der Waals surface area contributed by atoms with E-state index in [0.29, 0.717) is 13.2 Å². The van der Waals surface area contributed by atoms with Gasteiger partial charge in [-0.2, -0.15) is 0 Å². The summed E-state index contributed by atoms with van der Waals surface area (Å²) >= 11 is 0. The Morgan fingerprint density at radius 3 is 0.868 bits per heavy atom. The zero-order valence-corrected chi connectivity index (χ0v) is 44.1. The molecule has 2 heteroatoms. The monoisotopic (exact) mass is 923 g/mol. The first-order chi connectivity index (χ1) is 33.8. The van der Waals surface area contributed by atoms with Gasteiger partial charge in [-0.1, -0.05) is 254 Å². The highest BCUT2D eigenvalue weighted by atomic mass is 16.5. The summed E-state index contributed by atoms with van der Waals surface area (Å²) in [5, 5.41) is 5.15. The van der Waals surface area contributed by atoms with E-state index in [1.54, 1.807) is 0 Å². The molecule has 0 atom stereocenters. The van der Waals surface area contributed by atoms with Gasteiger partial charge in [-0.05, 0) is 107 Å². The maximum Gasteiger partial charge on any atom is 0.0722 e. The summed E-state index contributed by atoms with van der Waals surface area (Å²) in [6.45, 7) is 7.54. The molecule has 0 saturated carbocycles. The summed E-state index contributed by atoms with van der Waals surface area (Å²) in [7, 11) is 0. The van der Waals surface area contributed by atoms with E-state index in [1.165, 1.54) is 232 Å². The molecular weight excluding hydrogens is 825 g/mol. The summed E-state index contributed by atoms with van der Waals surface area (Å²) in [5.74, 6) is 25.3. The minimum Gasteiger partial charge on any atom is -0.377 e. The van der Waals surface area contributed by atoms with E-state index in [0.717, 1.165) is 58.2 Å². The lowest BCUT2D eigenvalue weighted by Crippen LogP contribution is -1.98. The van der Waals surface area contributed by atoms with Gasteiger partial charge >= 0.3 is 0 Å². The van der Waals surface area contributed by atoms with Crippen molar-refractivity contribution in [3.05, 3.63) is 59.7 Å². The van der Waals surface area contributed by atoms with Crippen LogP contribution < -0.4 is 0 Å². The predicted octanol–water partition coefficient (Wildman–Crippen LogP) is 19.9. The van der Waals surface area contributed by atoms with Crippen molar-refractivity contribution in [3.8, 4) is 47.4 Å². The summed E-state index contributed by atoms with van der Waals surface area (Å²) in [6, 6.07) is 18.0. The Morgan fingerprint density at radius 2 is 0.574 bits per heavy atom. The van der Waals surface area contributed by atoms with Crippen LogP contribution >= 0.6 is 0 Å². The van der Waals surface area contributed by atoms with E-state index < -0.39 is 0 Å². The average Bonchev–Trinajstić information content (AvgIpc) is 3.35.